The fourth-order valence-electron chi connectivity index (χ4n) is 0.447. The van der Waals surface area contributed by atoms with Gasteiger partial charge >= 0.3 is 70.7 Å². The van der Waals surface area contributed by atoms with E-state index in [1.165, 1.54) is 10.3 Å². The van der Waals surface area contributed by atoms with Crippen molar-refractivity contribution < 1.29 is 129 Å². The van der Waals surface area contributed by atoms with Crippen molar-refractivity contribution in [3.8, 4) is 0 Å². The van der Waals surface area contributed by atoms with E-state index in [1.807, 2.05) is 0 Å². The molecule has 0 aromatic carbocycles. The summed E-state index contributed by atoms with van der Waals surface area (Å²) in [6, 6.07) is 0. The van der Waals surface area contributed by atoms with Crippen LogP contribution in [0.1, 0.15) is 6.42 Å². The Bertz CT molecular complexity index is 117. The van der Waals surface area contributed by atoms with Crippen LogP contribution in [0.4, 0.5) is 0 Å². The summed E-state index contributed by atoms with van der Waals surface area (Å²) in [5.74, 6) is 0. The molecular formula is C5H5Cl7Ti2. The Hall–Kier alpha value is 2.94. The van der Waals surface area contributed by atoms with Crippen molar-refractivity contribution in [3.63, 3.8) is 0 Å². The first-order chi connectivity index (χ1) is 2.89. The van der Waals surface area contributed by atoms with E-state index in [2.05, 4.69) is 38.7 Å². The zero-order valence-corrected chi connectivity index (χ0v) is 15.0. The molecule has 0 aliphatic heterocycles. The normalized spacial score (nSPS) is 8.00. The molecule has 9 heteroatoms. The molecule has 0 bridgehead atoms. The molecule has 0 saturated heterocycles. The van der Waals surface area contributed by atoms with Gasteiger partial charge in [-0.1, -0.05) is 0 Å². The SMILES string of the molecule is [Cl-].[Cl-].[Cl-].[Cl-].[Cl-].[Cl-].[Cl-].[Ti+3][C]1=CC=CC1.[Ti+4]. The van der Waals surface area contributed by atoms with Gasteiger partial charge in [0.1, 0.15) is 0 Å². The van der Waals surface area contributed by atoms with Crippen LogP contribution in [-0.4, -0.2) is 0 Å². The minimum Gasteiger partial charge on any atom is 4.00 e. The average Bonchev–Trinajstić information content (AvgIpc) is 1.86. The van der Waals surface area contributed by atoms with Gasteiger partial charge < -0.3 is 86.8 Å². The van der Waals surface area contributed by atoms with Crippen LogP contribution in [0.3, 0.4) is 0 Å². The molecule has 0 heterocycles. The maximum absolute atomic E-state index is 2.16. The van der Waals surface area contributed by atoms with Gasteiger partial charge in [0, 0.05) is 0 Å². The standard InChI is InChI=1S/C5H5.7ClH.2Ti/c1-2-4-5-3-1;;;;;;;;;/h1-3H,4H2;7*1H;;/q;;;;;;;;+3;+4/p-7. The Labute approximate surface area is 155 Å². The Morgan fingerprint density at radius 1 is 0.857 bits per heavy atom. The summed E-state index contributed by atoms with van der Waals surface area (Å²) in [4.78, 5) is 0. The molecule has 0 aromatic rings. The van der Waals surface area contributed by atoms with Gasteiger partial charge in [0.2, 0.25) is 0 Å². The van der Waals surface area contributed by atoms with Crippen molar-refractivity contribution in [2.75, 3.05) is 0 Å². The zero-order chi connectivity index (χ0) is 4.41. The fraction of sp³-hybridized carbons (Fsp3) is 0.200. The number of hydrogen-bond acceptors (Lipinski definition) is 0. The number of halogens is 7. The Balaban J connectivity index is -0.00000000750. The summed E-state index contributed by atoms with van der Waals surface area (Å²) < 4.78 is 1.47. The van der Waals surface area contributed by atoms with Gasteiger partial charge in [-0.15, -0.1) is 0 Å². The van der Waals surface area contributed by atoms with Crippen molar-refractivity contribution in [3.05, 3.63) is 22.1 Å². The molecule has 1 aliphatic carbocycles. The largest absolute Gasteiger partial charge is 4.00 e. The van der Waals surface area contributed by atoms with Gasteiger partial charge in [-0.05, 0) is 0 Å². The van der Waals surface area contributed by atoms with E-state index in [0.29, 0.717) is 0 Å². The maximum Gasteiger partial charge on any atom is 4.00 e. The van der Waals surface area contributed by atoms with Gasteiger partial charge in [0.05, 0.1) is 0 Å². The number of hydrogen-bond donors (Lipinski definition) is 0. The molecule has 0 nitrogen and oxygen atoms in total. The maximum atomic E-state index is 2.16. The summed E-state index contributed by atoms with van der Waals surface area (Å²) in [6.07, 6.45) is 7.56. The van der Waals surface area contributed by atoms with Crippen LogP contribution in [0, 0.1) is 0 Å². The first-order valence-corrected chi connectivity index (χ1v) is 2.75. The van der Waals surface area contributed by atoms with E-state index in [-0.39, 0.29) is 109 Å². The summed E-state index contributed by atoms with van der Waals surface area (Å²) in [6.45, 7) is 0. The van der Waals surface area contributed by atoms with Crippen molar-refractivity contribution >= 4 is 0 Å². The second kappa shape index (κ2) is 36.0. The summed E-state index contributed by atoms with van der Waals surface area (Å²) in [5.41, 5.74) is 0. The van der Waals surface area contributed by atoms with Gasteiger partial charge in [-0.25, -0.2) is 0 Å². The minimum absolute atomic E-state index is 0. The molecule has 82 valence electrons. The van der Waals surface area contributed by atoms with Gasteiger partial charge in [0.15, 0.2) is 0 Å². The summed E-state index contributed by atoms with van der Waals surface area (Å²) in [5, 5.41) is 0. The Kier molecular flexibility index (Phi) is 139. The average molecular weight is 409 g/mol. The summed E-state index contributed by atoms with van der Waals surface area (Å²) >= 11 is 2.14. The van der Waals surface area contributed by atoms with Crippen LogP contribution >= 0.6 is 0 Å². The Morgan fingerprint density at radius 2 is 1.21 bits per heavy atom. The van der Waals surface area contributed by atoms with Crippen LogP contribution in [0.2, 0.25) is 0 Å². The van der Waals surface area contributed by atoms with Gasteiger partial charge in [-0.3, -0.25) is 0 Å². The third-order valence-electron chi connectivity index (χ3n) is 0.771. The zero-order valence-electron chi connectivity index (χ0n) is 6.58. The molecule has 14 heavy (non-hydrogen) atoms. The third kappa shape index (κ3) is 29.4. The second-order valence-electron chi connectivity index (χ2n) is 1.32. The Morgan fingerprint density at radius 3 is 1.29 bits per heavy atom. The van der Waals surface area contributed by atoms with Crippen LogP contribution in [0.5, 0.6) is 0 Å². The molecule has 1 aliphatic rings. The van der Waals surface area contributed by atoms with Crippen LogP contribution in [0.25, 0.3) is 0 Å². The van der Waals surface area contributed by atoms with E-state index >= 15 is 0 Å². The smallest absolute Gasteiger partial charge is 4.00 e. The summed E-state index contributed by atoms with van der Waals surface area (Å²) in [7, 11) is 0. The third-order valence-corrected chi connectivity index (χ3v) is 1.35. The number of allylic oxidation sites excluding steroid dienone is 4. The quantitative estimate of drug-likeness (QED) is 0.349. The van der Waals surface area contributed by atoms with E-state index in [0.717, 1.165) is 0 Å². The molecule has 0 fully saturated rings. The molecule has 0 N–H and O–H groups in total. The van der Waals surface area contributed by atoms with Gasteiger partial charge in [-0.2, -0.15) is 0 Å². The molecule has 0 amide bonds. The molecule has 0 saturated carbocycles. The molecule has 0 aromatic heterocycles. The van der Waals surface area contributed by atoms with E-state index in [1.54, 1.807) is 0 Å². The first-order valence-electron chi connectivity index (χ1n) is 1.97. The van der Waals surface area contributed by atoms with E-state index in [9.17, 15) is 0 Å². The molecule has 1 rings (SSSR count). The monoisotopic (exact) mass is 406 g/mol. The minimum atomic E-state index is 0. The van der Waals surface area contributed by atoms with Crippen molar-refractivity contribution in [1.29, 1.82) is 0 Å². The number of rotatable bonds is 0. The predicted molar refractivity (Wildman–Crippen MR) is 21.8 cm³/mol. The fourth-order valence-corrected chi connectivity index (χ4v) is 0.782. The molecular weight excluding hydrogens is 404 g/mol. The van der Waals surface area contributed by atoms with E-state index < -0.39 is 0 Å². The molecule has 0 atom stereocenters. The van der Waals surface area contributed by atoms with Crippen LogP contribution in [-0.2, 0) is 42.2 Å². The molecule has 0 unspecified atom stereocenters. The first kappa shape index (κ1) is 53.9. The molecule has 0 radical (unpaired) electrons. The van der Waals surface area contributed by atoms with E-state index in [4.69, 9.17) is 0 Å². The van der Waals surface area contributed by atoms with Crippen molar-refractivity contribution in [1.82, 2.24) is 0 Å². The second-order valence-corrected chi connectivity index (χ2v) is 2.33. The van der Waals surface area contributed by atoms with Gasteiger partial charge in [0.25, 0.3) is 0 Å². The molecule has 0 spiro atoms. The van der Waals surface area contributed by atoms with Crippen LogP contribution in [0.15, 0.2) is 22.1 Å². The topological polar surface area (TPSA) is 0 Å². The predicted octanol–water partition coefficient (Wildman–Crippen LogP) is -19.6. The van der Waals surface area contributed by atoms with Crippen LogP contribution < -0.4 is 86.8 Å². The van der Waals surface area contributed by atoms with Crippen molar-refractivity contribution in [2.45, 2.75) is 6.42 Å². The van der Waals surface area contributed by atoms with Crippen molar-refractivity contribution in [2.24, 2.45) is 0 Å².